The highest BCUT2D eigenvalue weighted by Crippen LogP contribution is 2.17. The number of hydrogen-bond acceptors (Lipinski definition) is 5. The first-order valence-corrected chi connectivity index (χ1v) is 8.13. The summed E-state index contributed by atoms with van der Waals surface area (Å²) in [4.78, 5) is 46.7. The molecule has 132 valence electrons. The highest BCUT2D eigenvalue weighted by atomic mass is 16.3. The zero-order chi connectivity index (χ0) is 18.2. The Morgan fingerprint density at radius 1 is 1.08 bits per heavy atom. The van der Waals surface area contributed by atoms with Crippen molar-refractivity contribution in [2.24, 2.45) is 0 Å². The number of nitrogens with zero attached hydrogens (tertiary/aromatic N) is 1. The predicted molar refractivity (Wildman–Crippen MR) is 90.2 cm³/mol. The van der Waals surface area contributed by atoms with Crippen LogP contribution in [0.1, 0.15) is 46.4 Å². The number of rotatable bonds is 9. The minimum Gasteiger partial charge on any atom is -0.507 e. The van der Waals surface area contributed by atoms with Crippen molar-refractivity contribution in [3.63, 3.8) is 0 Å². The van der Waals surface area contributed by atoms with Crippen LogP contribution in [0.2, 0.25) is 0 Å². The molecule has 1 heterocycles. The molecule has 0 aromatic heterocycles. The molecule has 0 unspecified atom stereocenters. The van der Waals surface area contributed by atoms with Crippen LogP contribution < -0.4 is 5.32 Å². The molecule has 1 aliphatic rings. The van der Waals surface area contributed by atoms with Crippen LogP contribution >= 0.6 is 0 Å². The van der Waals surface area contributed by atoms with Crippen molar-refractivity contribution < 1.29 is 24.3 Å². The standard InChI is InChI=1S/C18H20N2O5/c21-12-13-5-6-15(22)14(11-13)18(25)19-9-3-1-2-4-10-20-16(23)7-8-17(20)24/h5-8,11-12,22H,1-4,9-10H2,(H,19,25). The first kappa shape index (κ1) is 18.4. The number of amides is 3. The summed E-state index contributed by atoms with van der Waals surface area (Å²) in [5.74, 6) is -1.14. The summed E-state index contributed by atoms with van der Waals surface area (Å²) in [5.41, 5.74) is 0.395. The second-order valence-electron chi connectivity index (χ2n) is 5.73. The number of benzene rings is 1. The minimum atomic E-state index is -0.430. The molecule has 0 saturated heterocycles. The Balaban J connectivity index is 1.63. The fourth-order valence-electron chi connectivity index (χ4n) is 2.51. The topological polar surface area (TPSA) is 104 Å². The molecular weight excluding hydrogens is 324 g/mol. The summed E-state index contributed by atoms with van der Waals surface area (Å²) in [5, 5.41) is 12.4. The van der Waals surface area contributed by atoms with Crippen molar-refractivity contribution in [1.82, 2.24) is 10.2 Å². The number of nitrogens with one attached hydrogen (secondary N) is 1. The molecule has 0 bridgehead atoms. The maximum atomic E-state index is 12.0. The van der Waals surface area contributed by atoms with Crippen LogP contribution in [0, 0.1) is 0 Å². The Morgan fingerprint density at radius 2 is 1.76 bits per heavy atom. The number of unbranched alkanes of at least 4 members (excludes halogenated alkanes) is 3. The molecule has 0 spiro atoms. The lowest BCUT2D eigenvalue weighted by atomic mass is 10.1. The minimum absolute atomic E-state index is 0.0724. The molecule has 0 aliphatic carbocycles. The molecular formula is C18H20N2O5. The average molecular weight is 344 g/mol. The predicted octanol–water partition coefficient (Wildman–Crippen LogP) is 1.42. The van der Waals surface area contributed by atoms with Gasteiger partial charge in [0.1, 0.15) is 12.0 Å². The molecule has 3 amide bonds. The van der Waals surface area contributed by atoms with Crippen LogP contribution in [0.4, 0.5) is 0 Å². The first-order chi connectivity index (χ1) is 12.0. The monoisotopic (exact) mass is 344 g/mol. The van der Waals surface area contributed by atoms with Gasteiger partial charge in [-0.15, -0.1) is 0 Å². The van der Waals surface area contributed by atoms with E-state index in [0.717, 1.165) is 25.7 Å². The maximum absolute atomic E-state index is 12.0. The summed E-state index contributed by atoms with van der Waals surface area (Å²) < 4.78 is 0. The van der Waals surface area contributed by atoms with Gasteiger partial charge < -0.3 is 10.4 Å². The lowest BCUT2D eigenvalue weighted by molar-refractivity contribution is -0.136. The van der Waals surface area contributed by atoms with Crippen molar-refractivity contribution in [3.8, 4) is 5.75 Å². The van der Waals surface area contributed by atoms with Crippen LogP contribution in [-0.4, -0.2) is 47.1 Å². The summed E-state index contributed by atoms with van der Waals surface area (Å²) >= 11 is 0. The third-order valence-corrected chi connectivity index (χ3v) is 3.90. The van der Waals surface area contributed by atoms with Gasteiger partial charge in [-0.3, -0.25) is 24.1 Å². The van der Waals surface area contributed by atoms with Crippen LogP contribution in [-0.2, 0) is 9.59 Å². The fraction of sp³-hybridized carbons (Fsp3) is 0.333. The maximum Gasteiger partial charge on any atom is 0.255 e. The van der Waals surface area contributed by atoms with E-state index < -0.39 is 5.91 Å². The second-order valence-corrected chi connectivity index (χ2v) is 5.73. The Hall–Kier alpha value is -2.96. The number of carbonyl (C=O) groups excluding carboxylic acids is 4. The van der Waals surface area contributed by atoms with E-state index in [-0.39, 0.29) is 23.1 Å². The van der Waals surface area contributed by atoms with Gasteiger partial charge >= 0.3 is 0 Å². The molecule has 0 saturated carbocycles. The largest absolute Gasteiger partial charge is 0.507 e. The van der Waals surface area contributed by atoms with Gasteiger partial charge in [-0.25, -0.2) is 0 Å². The van der Waals surface area contributed by atoms with E-state index in [4.69, 9.17) is 0 Å². The van der Waals surface area contributed by atoms with Crippen LogP contribution in [0.15, 0.2) is 30.4 Å². The lowest BCUT2D eigenvalue weighted by Crippen LogP contribution is -2.30. The van der Waals surface area contributed by atoms with Gasteiger partial charge in [0.25, 0.3) is 17.7 Å². The Morgan fingerprint density at radius 3 is 2.44 bits per heavy atom. The lowest BCUT2D eigenvalue weighted by Gasteiger charge is -2.13. The highest BCUT2D eigenvalue weighted by Gasteiger charge is 2.22. The van der Waals surface area contributed by atoms with Gasteiger partial charge in [-0.2, -0.15) is 0 Å². The Bertz CT molecular complexity index is 693. The van der Waals surface area contributed by atoms with E-state index >= 15 is 0 Å². The van der Waals surface area contributed by atoms with Crippen molar-refractivity contribution in [2.75, 3.05) is 13.1 Å². The molecule has 2 N–H and O–H groups in total. The zero-order valence-corrected chi connectivity index (χ0v) is 13.7. The van der Waals surface area contributed by atoms with E-state index in [1.807, 2.05) is 0 Å². The summed E-state index contributed by atoms with van der Waals surface area (Å²) in [7, 11) is 0. The normalized spacial score (nSPS) is 13.4. The molecule has 0 atom stereocenters. The average Bonchev–Trinajstić information content (AvgIpc) is 2.92. The third kappa shape index (κ3) is 5.00. The molecule has 1 aromatic carbocycles. The molecule has 1 aromatic rings. The molecule has 0 radical (unpaired) electrons. The van der Waals surface area contributed by atoms with Gasteiger partial charge in [0, 0.05) is 30.8 Å². The van der Waals surface area contributed by atoms with E-state index in [2.05, 4.69) is 5.32 Å². The van der Waals surface area contributed by atoms with Gasteiger partial charge in [0.05, 0.1) is 5.56 Å². The van der Waals surface area contributed by atoms with E-state index in [1.165, 1.54) is 35.3 Å². The number of carbonyl (C=O) groups is 4. The van der Waals surface area contributed by atoms with E-state index in [0.29, 0.717) is 24.9 Å². The van der Waals surface area contributed by atoms with E-state index in [1.54, 1.807) is 0 Å². The second kappa shape index (κ2) is 8.77. The molecule has 25 heavy (non-hydrogen) atoms. The van der Waals surface area contributed by atoms with Crippen LogP contribution in [0.3, 0.4) is 0 Å². The van der Waals surface area contributed by atoms with Crippen molar-refractivity contribution in [1.29, 1.82) is 0 Å². The molecule has 0 fully saturated rings. The quantitative estimate of drug-likeness (QED) is 0.400. The van der Waals surface area contributed by atoms with Crippen molar-refractivity contribution in [3.05, 3.63) is 41.5 Å². The number of imide groups is 1. The fourth-order valence-corrected chi connectivity index (χ4v) is 2.51. The molecule has 7 nitrogen and oxygen atoms in total. The van der Waals surface area contributed by atoms with Gasteiger partial charge in [0.2, 0.25) is 0 Å². The number of phenols is 1. The van der Waals surface area contributed by atoms with Gasteiger partial charge in [0.15, 0.2) is 0 Å². The summed E-state index contributed by atoms with van der Waals surface area (Å²) in [6, 6.07) is 4.09. The number of aldehydes is 1. The van der Waals surface area contributed by atoms with Gasteiger partial charge in [-0.1, -0.05) is 12.8 Å². The molecule has 1 aliphatic heterocycles. The van der Waals surface area contributed by atoms with Gasteiger partial charge in [-0.05, 0) is 31.0 Å². The van der Waals surface area contributed by atoms with Crippen molar-refractivity contribution >= 4 is 24.0 Å². The first-order valence-electron chi connectivity index (χ1n) is 8.13. The Kier molecular flexibility index (Phi) is 6.45. The summed E-state index contributed by atoms with van der Waals surface area (Å²) in [6.45, 7) is 0.843. The Labute approximate surface area is 145 Å². The molecule has 7 heteroatoms. The zero-order valence-electron chi connectivity index (χ0n) is 13.7. The SMILES string of the molecule is O=Cc1ccc(O)c(C(=O)NCCCCCCN2C(=O)C=CC2=O)c1. The summed E-state index contributed by atoms with van der Waals surface area (Å²) in [6.07, 6.45) is 6.28. The third-order valence-electron chi connectivity index (χ3n) is 3.90. The van der Waals surface area contributed by atoms with Crippen molar-refractivity contribution in [2.45, 2.75) is 25.7 Å². The molecule has 2 rings (SSSR count). The number of phenolic OH excluding ortho intramolecular Hbond substituents is 1. The van der Waals surface area contributed by atoms with E-state index in [9.17, 15) is 24.3 Å². The highest BCUT2D eigenvalue weighted by molar-refractivity contribution is 6.12. The van der Waals surface area contributed by atoms with Crippen LogP contribution in [0.5, 0.6) is 5.75 Å². The smallest absolute Gasteiger partial charge is 0.255 e. The number of hydrogen-bond donors (Lipinski definition) is 2. The number of aromatic hydroxyl groups is 1. The van der Waals surface area contributed by atoms with Crippen LogP contribution in [0.25, 0.3) is 0 Å².